The van der Waals surface area contributed by atoms with Crippen molar-refractivity contribution < 1.29 is 4.79 Å². The topological polar surface area (TPSA) is 83.6 Å². The molecule has 128 valence electrons. The molecule has 1 amide bonds. The Morgan fingerprint density at radius 1 is 1.08 bits per heavy atom. The lowest BCUT2D eigenvalue weighted by Gasteiger charge is -2.05. The van der Waals surface area contributed by atoms with E-state index in [4.69, 9.17) is 0 Å². The van der Waals surface area contributed by atoms with Crippen molar-refractivity contribution in [3.63, 3.8) is 0 Å². The number of nitrogens with one attached hydrogen (secondary N) is 2. The van der Waals surface area contributed by atoms with E-state index in [-0.39, 0.29) is 5.91 Å². The number of rotatable bonds is 3. The number of hydrogen-bond acceptors (Lipinski definition) is 4. The summed E-state index contributed by atoms with van der Waals surface area (Å²) in [6.45, 7) is 3.91. The molecule has 26 heavy (non-hydrogen) atoms. The monoisotopic (exact) mass is 343 g/mol. The van der Waals surface area contributed by atoms with Gasteiger partial charge in [-0.05, 0) is 44.2 Å². The van der Waals surface area contributed by atoms with Crippen LogP contribution in [0.25, 0.3) is 22.3 Å². The lowest BCUT2D eigenvalue weighted by Crippen LogP contribution is -2.14. The zero-order valence-corrected chi connectivity index (χ0v) is 14.4. The van der Waals surface area contributed by atoms with Gasteiger partial charge in [0.2, 0.25) is 0 Å². The molecule has 6 heteroatoms. The highest BCUT2D eigenvalue weighted by Crippen LogP contribution is 2.24. The molecule has 3 heterocycles. The summed E-state index contributed by atoms with van der Waals surface area (Å²) >= 11 is 0. The predicted octanol–water partition coefficient (Wildman–Crippen LogP) is 3.89. The van der Waals surface area contributed by atoms with Crippen LogP contribution < -0.4 is 5.32 Å². The summed E-state index contributed by atoms with van der Waals surface area (Å²) < 4.78 is 0. The minimum absolute atomic E-state index is 0.281. The predicted molar refractivity (Wildman–Crippen MR) is 101 cm³/mol. The van der Waals surface area contributed by atoms with Gasteiger partial charge in [-0.1, -0.05) is 23.8 Å². The lowest BCUT2D eigenvalue weighted by molar-refractivity contribution is 0.102. The van der Waals surface area contributed by atoms with Crippen molar-refractivity contribution in [3.05, 3.63) is 71.5 Å². The van der Waals surface area contributed by atoms with E-state index in [1.54, 1.807) is 12.3 Å². The molecule has 1 aromatic carbocycles. The summed E-state index contributed by atoms with van der Waals surface area (Å²) in [5, 5.41) is 10.9. The molecule has 0 aliphatic heterocycles. The van der Waals surface area contributed by atoms with Gasteiger partial charge in [-0.2, -0.15) is 5.10 Å². The highest BCUT2D eigenvalue weighted by atomic mass is 16.2. The van der Waals surface area contributed by atoms with Crippen LogP contribution in [0.3, 0.4) is 0 Å². The van der Waals surface area contributed by atoms with Crippen LogP contribution in [0.1, 0.15) is 21.6 Å². The Bertz CT molecular complexity index is 1120. The highest BCUT2D eigenvalue weighted by Gasteiger charge is 2.17. The molecule has 0 aliphatic carbocycles. The number of benzene rings is 1. The van der Waals surface area contributed by atoms with Gasteiger partial charge in [-0.25, -0.2) is 9.97 Å². The van der Waals surface area contributed by atoms with Crippen molar-refractivity contribution in [1.82, 2.24) is 20.2 Å². The van der Waals surface area contributed by atoms with Crippen molar-refractivity contribution in [2.75, 3.05) is 5.32 Å². The molecule has 6 nitrogen and oxygen atoms in total. The van der Waals surface area contributed by atoms with Crippen LogP contribution >= 0.6 is 0 Å². The van der Waals surface area contributed by atoms with Gasteiger partial charge in [0.1, 0.15) is 11.5 Å². The van der Waals surface area contributed by atoms with E-state index in [0.717, 1.165) is 27.8 Å². The largest absolute Gasteiger partial charge is 0.305 e. The number of H-pyrrole nitrogens is 1. The SMILES string of the molecule is Cc1cccc(-c2n[nH]c(C(=O)Nc3ccc4cccnc4n3)c2C)c1. The summed E-state index contributed by atoms with van der Waals surface area (Å²) in [5.41, 5.74) is 4.70. The number of anilines is 1. The van der Waals surface area contributed by atoms with E-state index >= 15 is 0 Å². The molecular weight excluding hydrogens is 326 g/mol. The van der Waals surface area contributed by atoms with Crippen molar-refractivity contribution in [1.29, 1.82) is 0 Å². The minimum atomic E-state index is -0.281. The maximum atomic E-state index is 12.6. The van der Waals surface area contributed by atoms with E-state index in [9.17, 15) is 4.79 Å². The highest BCUT2D eigenvalue weighted by molar-refractivity contribution is 6.04. The Hall–Kier alpha value is -3.54. The van der Waals surface area contributed by atoms with Gasteiger partial charge in [-0.3, -0.25) is 9.89 Å². The summed E-state index contributed by atoms with van der Waals surface area (Å²) in [6.07, 6.45) is 1.67. The number of carbonyl (C=O) groups excluding carboxylic acids is 1. The molecule has 0 fully saturated rings. The molecule has 4 rings (SSSR count). The number of aromatic nitrogens is 4. The Morgan fingerprint density at radius 3 is 2.81 bits per heavy atom. The third-order valence-electron chi connectivity index (χ3n) is 4.23. The Labute approximate surface area is 150 Å². The molecule has 2 N–H and O–H groups in total. The maximum absolute atomic E-state index is 12.6. The number of nitrogens with zero attached hydrogens (tertiary/aromatic N) is 3. The number of aromatic amines is 1. The van der Waals surface area contributed by atoms with E-state index in [1.807, 2.05) is 56.3 Å². The molecular formula is C20H17N5O. The van der Waals surface area contributed by atoms with Gasteiger partial charge < -0.3 is 5.32 Å². The van der Waals surface area contributed by atoms with Crippen LogP contribution in [-0.2, 0) is 0 Å². The van der Waals surface area contributed by atoms with Crippen LogP contribution in [0.5, 0.6) is 0 Å². The number of pyridine rings is 2. The molecule has 0 unspecified atom stereocenters. The number of carbonyl (C=O) groups is 1. The van der Waals surface area contributed by atoms with Gasteiger partial charge >= 0.3 is 0 Å². The Kier molecular flexibility index (Phi) is 3.93. The van der Waals surface area contributed by atoms with Gasteiger partial charge in [0.25, 0.3) is 5.91 Å². The molecule has 0 aliphatic rings. The summed E-state index contributed by atoms with van der Waals surface area (Å²) in [7, 11) is 0. The Balaban J connectivity index is 1.62. The van der Waals surface area contributed by atoms with Crippen molar-refractivity contribution in [2.24, 2.45) is 0 Å². The molecule has 0 saturated carbocycles. The molecule has 0 atom stereocenters. The summed E-state index contributed by atoms with van der Waals surface area (Å²) in [6, 6.07) is 15.4. The fourth-order valence-corrected chi connectivity index (χ4v) is 2.89. The fraction of sp³-hybridized carbons (Fsp3) is 0.100. The lowest BCUT2D eigenvalue weighted by atomic mass is 10.0. The standard InChI is InChI=1S/C20H17N5O/c1-12-5-3-6-15(11-12)17-13(2)18(25-24-17)20(26)23-16-9-8-14-7-4-10-21-19(14)22-16/h3-11H,1-2H3,(H,24,25)(H,21,22,23,26). The second kappa shape index (κ2) is 6.40. The second-order valence-corrected chi connectivity index (χ2v) is 6.14. The van der Waals surface area contributed by atoms with Gasteiger partial charge in [0, 0.05) is 22.7 Å². The average Bonchev–Trinajstić information content (AvgIpc) is 3.03. The van der Waals surface area contributed by atoms with E-state index in [2.05, 4.69) is 25.5 Å². The second-order valence-electron chi connectivity index (χ2n) is 6.14. The van der Waals surface area contributed by atoms with Crippen LogP contribution in [0, 0.1) is 13.8 Å². The number of hydrogen-bond donors (Lipinski definition) is 2. The van der Waals surface area contributed by atoms with E-state index in [1.165, 1.54) is 0 Å². The zero-order valence-electron chi connectivity index (χ0n) is 14.4. The van der Waals surface area contributed by atoms with Crippen molar-refractivity contribution in [2.45, 2.75) is 13.8 Å². The fourth-order valence-electron chi connectivity index (χ4n) is 2.89. The van der Waals surface area contributed by atoms with Crippen LogP contribution in [0.4, 0.5) is 5.82 Å². The smallest absolute Gasteiger partial charge is 0.275 e. The molecule has 0 spiro atoms. The Morgan fingerprint density at radius 2 is 1.96 bits per heavy atom. The van der Waals surface area contributed by atoms with Crippen LogP contribution in [-0.4, -0.2) is 26.1 Å². The van der Waals surface area contributed by atoms with E-state index in [0.29, 0.717) is 17.2 Å². The van der Waals surface area contributed by atoms with Gasteiger partial charge in [-0.15, -0.1) is 0 Å². The normalized spacial score (nSPS) is 10.8. The quantitative estimate of drug-likeness (QED) is 0.591. The maximum Gasteiger partial charge on any atom is 0.275 e. The average molecular weight is 343 g/mol. The van der Waals surface area contributed by atoms with Gasteiger partial charge in [0.15, 0.2) is 5.65 Å². The minimum Gasteiger partial charge on any atom is -0.305 e. The number of aryl methyl sites for hydroxylation is 1. The summed E-state index contributed by atoms with van der Waals surface area (Å²) in [4.78, 5) is 21.2. The first-order chi connectivity index (χ1) is 12.6. The molecule has 3 aromatic heterocycles. The summed E-state index contributed by atoms with van der Waals surface area (Å²) in [5.74, 6) is 0.170. The van der Waals surface area contributed by atoms with E-state index < -0.39 is 0 Å². The number of amides is 1. The first kappa shape index (κ1) is 16.0. The van der Waals surface area contributed by atoms with Crippen LogP contribution in [0.2, 0.25) is 0 Å². The number of fused-ring (bicyclic) bond motifs is 1. The third-order valence-corrected chi connectivity index (χ3v) is 4.23. The van der Waals surface area contributed by atoms with Gasteiger partial charge in [0.05, 0.1) is 5.69 Å². The van der Waals surface area contributed by atoms with Crippen LogP contribution in [0.15, 0.2) is 54.7 Å². The first-order valence-corrected chi connectivity index (χ1v) is 8.27. The third kappa shape index (κ3) is 2.93. The van der Waals surface area contributed by atoms with Crippen molar-refractivity contribution >= 4 is 22.8 Å². The zero-order chi connectivity index (χ0) is 18.1. The molecule has 0 bridgehead atoms. The molecule has 0 radical (unpaired) electrons. The molecule has 4 aromatic rings. The van der Waals surface area contributed by atoms with Crippen molar-refractivity contribution in [3.8, 4) is 11.3 Å². The first-order valence-electron chi connectivity index (χ1n) is 8.27. The molecule has 0 saturated heterocycles.